The van der Waals surface area contributed by atoms with E-state index < -0.39 is 0 Å². The van der Waals surface area contributed by atoms with Crippen molar-refractivity contribution >= 4 is 33.3 Å². The Morgan fingerprint density at radius 1 is 1.29 bits per heavy atom. The fraction of sp³-hybridized carbons (Fsp3) is 0.333. The van der Waals surface area contributed by atoms with Gasteiger partial charge in [-0.25, -0.2) is 9.97 Å². The quantitative estimate of drug-likeness (QED) is 0.838. The normalized spacial score (nSPS) is 10.5. The van der Waals surface area contributed by atoms with Gasteiger partial charge in [0.15, 0.2) is 5.82 Å². The van der Waals surface area contributed by atoms with Crippen LogP contribution in [0, 0.1) is 0 Å². The van der Waals surface area contributed by atoms with E-state index in [-0.39, 0.29) is 0 Å². The van der Waals surface area contributed by atoms with Crippen LogP contribution in [-0.4, -0.2) is 23.6 Å². The van der Waals surface area contributed by atoms with E-state index in [1.807, 2.05) is 25.1 Å². The first-order chi connectivity index (χ1) is 10.1. The Bertz CT molecular complexity index is 649. The second-order valence-electron chi connectivity index (χ2n) is 4.39. The summed E-state index contributed by atoms with van der Waals surface area (Å²) in [5, 5.41) is 3.79. The van der Waals surface area contributed by atoms with Gasteiger partial charge in [0.05, 0.1) is 22.3 Å². The Balaban J connectivity index is 2.52. The molecule has 0 aliphatic rings. The zero-order valence-electron chi connectivity index (χ0n) is 12.2. The van der Waals surface area contributed by atoms with Crippen molar-refractivity contribution in [1.29, 1.82) is 0 Å². The summed E-state index contributed by atoms with van der Waals surface area (Å²) in [6.07, 6.45) is 0.818. The summed E-state index contributed by atoms with van der Waals surface area (Å²) >= 11 is 9.73. The van der Waals surface area contributed by atoms with Gasteiger partial charge in [0.25, 0.3) is 0 Å². The van der Waals surface area contributed by atoms with Gasteiger partial charge in [-0.05, 0) is 47.5 Å². The number of anilines is 1. The molecule has 0 amide bonds. The lowest BCUT2D eigenvalue weighted by Gasteiger charge is -2.12. The molecule has 0 aliphatic heterocycles. The lowest BCUT2D eigenvalue weighted by atomic mass is 10.2. The van der Waals surface area contributed by atoms with Crippen molar-refractivity contribution in [1.82, 2.24) is 9.97 Å². The Morgan fingerprint density at radius 2 is 2.05 bits per heavy atom. The number of rotatable bonds is 5. The summed E-state index contributed by atoms with van der Waals surface area (Å²) in [4.78, 5) is 9.17. The standard InChI is InChI=1S/C15H17BrClN3O/c1-4-11-13(16)15(18-5-2)20-14(19-11)9-6-7-12(21-3)10(17)8-9/h6-8H,4-5H2,1-3H3,(H,18,19,20). The lowest BCUT2D eigenvalue weighted by Crippen LogP contribution is -2.05. The van der Waals surface area contributed by atoms with E-state index in [4.69, 9.17) is 16.3 Å². The van der Waals surface area contributed by atoms with Crippen molar-refractivity contribution in [2.45, 2.75) is 20.3 Å². The second kappa shape index (κ2) is 7.09. The van der Waals surface area contributed by atoms with Gasteiger partial charge in [0, 0.05) is 12.1 Å². The van der Waals surface area contributed by atoms with Crippen molar-refractivity contribution in [3.8, 4) is 17.1 Å². The maximum Gasteiger partial charge on any atom is 0.161 e. The van der Waals surface area contributed by atoms with E-state index in [0.29, 0.717) is 16.6 Å². The molecule has 2 aromatic rings. The number of ether oxygens (including phenoxy) is 1. The molecule has 2 rings (SSSR count). The molecule has 0 radical (unpaired) electrons. The molecule has 0 bridgehead atoms. The summed E-state index contributed by atoms with van der Waals surface area (Å²) in [6, 6.07) is 5.55. The molecule has 21 heavy (non-hydrogen) atoms. The highest BCUT2D eigenvalue weighted by molar-refractivity contribution is 9.10. The molecule has 0 saturated heterocycles. The third-order valence-electron chi connectivity index (χ3n) is 3.01. The van der Waals surface area contributed by atoms with E-state index in [2.05, 4.69) is 38.1 Å². The smallest absolute Gasteiger partial charge is 0.161 e. The number of methoxy groups -OCH3 is 1. The zero-order chi connectivity index (χ0) is 15.4. The SMILES string of the molecule is CCNc1nc(-c2ccc(OC)c(Cl)c2)nc(CC)c1Br. The molecule has 6 heteroatoms. The van der Waals surface area contributed by atoms with Crippen molar-refractivity contribution in [3.05, 3.63) is 33.4 Å². The van der Waals surface area contributed by atoms with Gasteiger partial charge >= 0.3 is 0 Å². The van der Waals surface area contributed by atoms with Crippen molar-refractivity contribution < 1.29 is 4.74 Å². The highest BCUT2D eigenvalue weighted by Gasteiger charge is 2.13. The van der Waals surface area contributed by atoms with Gasteiger partial charge in [-0.15, -0.1) is 0 Å². The summed E-state index contributed by atoms with van der Waals surface area (Å²) < 4.78 is 6.08. The van der Waals surface area contributed by atoms with E-state index in [1.54, 1.807) is 7.11 Å². The fourth-order valence-electron chi connectivity index (χ4n) is 1.95. The van der Waals surface area contributed by atoms with Crippen molar-refractivity contribution in [2.24, 2.45) is 0 Å². The molecule has 0 fully saturated rings. The number of benzene rings is 1. The molecule has 112 valence electrons. The molecule has 0 unspecified atom stereocenters. The lowest BCUT2D eigenvalue weighted by molar-refractivity contribution is 0.415. The maximum absolute atomic E-state index is 6.18. The van der Waals surface area contributed by atoms with E-state index in [1.165, 1.54) is 0 Å². The molecule has 0 atom stereocenters. The van der Waals surface area contributed by atoms with E-state index in [0.717, 1.165) is 34.5 Å². The number of hydrogen-bond donors (Lipinski definition) is 1. The van der Waals surface area contributed by atoms with E-state index in [9.17, 15) is 0 Å². The Labute approximate surface area is 138 Å². The molecule has 1 heterocycles. The first-order valence-corrected chi connectivity index (χ1v) is 7.92. The number of hydrogen-bond acceptors (Lipinski definition) is 4. The van der Waals surface area contributed by atoms with Gasteiger partial charge < -0.3 is 10.1 Å². The van der Waals surface area contributed by atoms with Gasteiger partial charge in [-0.2, -0.15) is 0 Å². The van der Waals surface area contributed by atoms with Crippen molar-refractivity contribution in [2.75, 3.05) is 19.0 Å². The van der Waals surface area contributed by atoms with Crippen LogP contribution < -0.4 is 10.1 Å². The number of nitrogens with zero attached hydrogens (tertiary/aromatic N) is 2. The maximum atomic E-state index is 6.18. The molecule has 1 N–H and O–H groups in total. The topological polar surface area (TPSA) is 47.0 Å². The van der Waals surface area contributed by atoms with Crippen LogP contribution in [0.5, 0.6) is 5.75 Å². The predicted molar refractivity (Wildman–Crippen MR) is 90.3 cm³/mol. The number of nitrogens with one attached hydrogen (secondary N) is 1. The van der Waals surface area contributed by atoms with Crippen LogP contribution in [0.4, 0.5) is 5.82 Å². The third-order valence-corrected chi connectivity index (χ3v) is 4.14. The number of aryl methyl sites for hydroxylation is 1. The molecule has 1 aromatic carbocycles. The Hall–Kier alpha value is -1.33. The van der Waals surface area contributed by atoms with E-state index >= 15 is 0 Å². The van der Waals surface area contributed by atoms with Crippen LogP contribution in [0.3, 0.4) is 0 Å². The zero-order valence-corrected chi connectivity index (χ0v) is 14.5. The largest absolute Gasteiger partial charge is 0.495 e. The predicted octanol–water partition coefficient (Wildman–Crippen LogP) is 4.56. The van der Waals surface area contributed by atoms with Crippen LogP contribution in [0.25, 0.3) is 11.4 Å². The molecular formula is C15H17BrClN3O. The molecule has 0 saturated carbocycles. The Morgan fingerprint density at radius 3 is 2.62 bits per heavy atom. The van der Waals surface area contributed by atoms with Crippen LogP contribution in [0.1, 0.15) is 19.5 Å². The molecule has 0 aliphatic carbocycles. The molecule has 0 spiro atoms. The highest BCUT2D eigenvalue weighted by Crippen LogP contribution is 2.31. The third kappa shape index (κ3) is 3.47. The van der Waals surface area contributed by atoms with Gasteiger partial charge in [0.1, 0.15) is 11.6 Å². The minimum atomic E-state index is 0.546. The fourth-order valence-corrected chi connectivity index (χ4v) is 2.80. The number of aromatic nitrogens is 2. The first-order valence-electron chi connectivity index (χ1n) is 6.74. The van der Waals surface area contributed by atoms with Gasteiger partial charge in [-0.3, -0.25) is 0 Å². The summed E-state index contributed by atoms with van der Waals surface area (Å²) in [6.45, 7) is 4.89. The molecule has 1 aromatic heterocycles. The van der Waals surface area contributed by atoms with Crippen LogP contribution in [0.15, 0.2) is 22.7 Å². The Kier molecular flexibility index (Phi) is 5.42. The van der Waals surface area contributed by atoms with Crippen molar-refractivity contribution in [3.63, 3.8) is 0 Å². The summed E-state index contributed by atoms with van der Waals surface area (Å²) in [5.74, 6) is 2.09. The first kappa shape index (κ1) is 16.0. The van der Waals surface area contributed by atoms with Crippen LogP contribution >= 0.6 is 27.5 Å². The van der Waals surface area contributed by atoms with Gasteiger partial charge in [-0.1, -0.05) is 18.5 Å². The summed E-state index contributed by atoms with van der Waals surface area (Å²) in [7, 11) is 1.59. The average molecular weight is 371 g/mol. The monoisotopic (exact) mass is 369 g/mol. The van der Waals surface area contributed by atoms with Crippen LogP contribution in [0.2, 0.25) is 5.02 Å². The summed E-state index contributed by atoms with van der Waals surface area (Å²) in [5.41, 5.74) is 1.82. The molecule has 4 nitrogen and oxygen atoms in total. The minimum Gasteiger partial charge on any atom is -0.495 e. The van der Waals surface area contributed by atoms with Crippen LogP contribution in [-0.2, 0) is 6.42 Å². The average Bonchev–Trinajstić information content (AvgIpc) is 2.49. The van der Waals surface area contributed by atoms with Gasteiger partial charge in [0.2, 0.25) is 0 Å². The highest BCUT2D eigenvalue weighted by atomic mass is 79.9. The minimum absolute atomic E-state index is 0.546. The molecular weight excluding hydrogens is 354 g/mol. The second-order valence-corrected chi connectivity index (χ2v) is 5.59. The number of halogens is 2.